The molecule has 0 radical (unpaired) electrons. The van der Waals surface area contributed by atoms with Crippen molar-refractivity contribution in [1.82, 2.24) is 9.55 Å². The molecule has 26 heavy (non-hydrogen) atoms. The molecule has 138 valence electrons. The molecule has 2 aliphatic rings. The molecule has 0 saturated heterocycles. The van der Waals surface area contributed by atoms with Crippen LogP contribution < -0.4 is 5.73 Å². The van der Waals surface area contributed by atoms with Crippen molar-refractivity contribution in [3.8, 4) is 5.69 Å². The highest BCUT2D eigenvalue weighted by molar-refractivity contribution is 6.03. The van der Waals surface area contributed by atoms with Crippen LogP contribution in [0, 0.1) is 24.2 Å². The van der Waals surface area contributed by atoms with Gasteiger partial charge in [0.15, 0.2) is 11.6 Å². The van der Waals surface area contributed by atoms with Crippen LogP contribution in [-0.4, -0.2) is 15.3 Å². The van der Waals surface area contributed by atoms with Crippen LogP contribution >= 0.6 is 0 Å². The molecule has 0 spiro atoms. The van der Waals surface area contributed by atoms with E-state index in [0.717, 1.165) is 30.5 Å². The van der Waals surface area contributed by atoms with E-state index in [1.165, 1.54) is 25.7 Å². The standard InChI is InChI=1S/C22H29N3O/c1-3-22(12-16-8-6-9-17(11-16)13-22)20(26)19-21(23)24-14-25(19)18-10-5-4-7-15(18)2/h4-5,7,10,14,16-17H,3,6,8-9,11-13,23H2,1-2H3. The lowest BCUT2D eigenvalue weighted by Gasteiger charge is -2.46. The third-order valence-electron chi connectivity index (χ3n) is 6.79. The van der Waals surface area contributed by atoms with Gasteiger partial charge in [0.1, 0.15) is 12.0 Å². The van der Waals surface area contributed by atoms with Gasteiger partial charge in [0.05, 0.1) is 5.69 Å². The average molecular weight is 351 g/mol. The molecule has 4 rings (SSSR count). The van der Waals surface area contributed by atoms with Crippen molar-refractivity contribution in [3.05, 3.63) is 41.9 Å². The molecule has 2 bridgehead atoms. The fourth-order valence-corrected chi connectivity index (χ4v) is 5.45. The van der Waals surface area contributed by atoms with Gasteiger partial charge in [-0.25, -0.2) is 4.98 Å². The Balaban J connectivity index is 1.77. The fourth-order valence-electron chi connectivity index (χ4n) is 5.45. The summed E-state index contributed by atoms with van der Waals surface area (Å²) in [5, 5.41) is 0. The molecule has 2 atom stereocenters. The first-order valence-corrected chi connectivity index (χ1v) is 9.97. The van der Waals surface area contributed by atoms with E-state index < -0.39 is 0 Å². The smallest absolute Gasteiger partial charge is 0.189 e. The van der Waals surface area contributed by atoms with E-state index in [9.17, 15) is 4.79 Å². The van der Waals surface area contributed by atoms with Crippen molar-refractivity contribution in [2.24, 2.45) is 17.3 Å². The number of fused-ring (bicyclic) bond motifs is 2. The first-order chi connectivity index (χ1) is 12.5. The van der Waals surface area contributed by atoms with Crippen LogP contribution in [0.3, 0.4) is 0 Å². The number of rotatable bonds is 4. The molecule has 1 aromatic heterocycles. The second kappa shape index (κ2) is 6.57. The lowest BCUT2D eigenvalue weighted by Crippen LogP contribution is -2.42. The number of hydrogen-bond donors (Lipinski definition) is 1. The van der Waals surface area contributed by atoms with Crippen molar-refractivity contribution < 1.29 is 4.79 Å². The van der Waals surface area contributed by atoms with Gasteiger partial charge in [0.2, 0.25) is 0 Å². The van der Waals surface area contributed by atoms with Gasteiger partial charge in [-0.15, -0.1) is 0 Å². The maximum absolute atomic E-state index is 13.8. The van der Waals surface area contributed by atoms with Crippen LogP contribution in [0.25, 0.3) is 5.69 Å². The molecule has 4 nitrogen and oxygen atoms in total. The zero-order chi connectivity index (χ0) is 18.3. The number of nitrogen functional groups attached to an aromatic ring is 1. The predicted molar refractivity (Wildman–Crippen MR) is 104 cm³/mol. The first-order valence-electron chi connectivity index (χ1n) is 9.97. The highest BCUT2D eigenvalue weighted by atomic mass is 16.1. The Kier molecular flexibility index (Phi) is 4.37. The second-order valence-corrected chi connectivity index (χ2v) is 8.40. The molecule has 0 amide bonds. The lowest BCUT2D eigenvalue weighted by molar-refractivity contribution is 0.0383. The number of hydrogen-bond acceptors (Lipinski definition) is 3. The van der Waals surface area contributed by atoms with Crippen molar-refractivity contribution >= 4 is 11.6 Å². The number of carbonyl (C=O) groups is 1. The first kappa shape index (κ1) is 17.3. The van der Waals surface area contributed by atoms with Crippen LogP contribution in [0.5, 0.6) is 0 Å². The number of Topliss-reactive ketones (excluding diaryl/α,β-unsaturated/α-hetero) is 1. The van der Waals surface area contributed by atoms with E-state index in [1.54, 1.807) is 6.33 Å². The average Bonchev–Trinajstić information content (AvgIpc) is 3.02. The SMILES string of the molecule is CCC1(C(=O)c2c(N)ncn2-c2ccccc2C)CC2CCCC(C2)C1. The summed E-state index contributed by atoms with van der Waals surface area (Å²) in [5.74, 6) is 1.96. The molecular weight excluding hydrogens is 322 g/mol. The van der Waals surface area contributed by atoms with Gasteiger partial charge in [-0.3, -0.25) is 9.36 Å². The summed E-state index contributed by atoms with van der Waals surface area (Å²) in [6.45, 7) is 4.23. The number of benzene rings is 1. The summed E-state index contributed by atoms with van der Waals surface area (Å²) in [4.78, 5) is 18.1. The van der Waals surface area contributed by atoms with Gasteiger partial charge in [-0.1, -0.05) is 44.4 Å². The molecule has 2 fully saturated rings. The summed E-state index contributed by atoms with van der Waals surface area (Å²) in [5.41, 5.74) is 8.63. The minimum atomic E-state index is -0.275. The van der Waals surface area contributed by atoms with Crippen molar-refractivity contribution in [2.45, 2.75) is 58.8 Å². The number of aryl methyl sites for hydroxylation is 1. The van der Waals surface area contributed by atoms with Crippen LogP contribution in [0.1, 0.15) is 67.9 Å². The number of aromatic nitrogens is 2. The van der Waals surface area contributed by atoms with Gasteiger partial charge in [-0.05, 0) is 56.1 Å². The number of para-hydroxylation sites is 1. The number of carbonyl (C=O) groups excluding carboxylic acids is 1. The Morgan fingerprint density at radius 2 is 1.96 bits per heavy atom. The number of imidazole rings is 1. The Bertz CT molecular complexity index is 811. The Labute approximate surface area is 155 Å². The summed E-state index contributed by atoms with van der Waals surface area (Å²) < 4.78 is 1.91. The van der Waals surface area contributed by atoms with E-state index in [0.29, 0.717) is 23.3 Å². The minimum Gasteiger partial charge on any atom is -0.382 e. The largest absolute Gasteiger partial charge is 0.382 e. The van der Waals surface area contributed by atoms with Crippen LogP contribution in [0.15, 0.2) is 30.6 Å². The highest BCUT2D eigenvalue weighted by Gasteiger charge is 2.47. The molecule has 2 saturated carbocycles. The minimum absolute atomic E-state index is 0.204. The summed E-state index contributed by atoms with van der Waals surface area (Å²) in [6, 6.07) is 8.09. The Hall–Kier alpha value is -2.10. The van der Waals surface area contributed by atoms with Gasteiger partial charge in [-0.2, -0.15) is 0 Å². The molecule has 2 aliphatic carbocycles. The van der Waals surface area contributed by atoms with Gasteiger partial charge in [0, 0.05) is 5.41 Å². The van der Waals surface area contributed by atoms with Crippen molar-refractivity contribution in [3.63, 3.8) is 0 Å². The summed E-state index contributed by atoms with van der Waals surface area (Å²) in [6.07, 6.45) is 9.80. The molecule has 2 N–H and O–H groups in total. The number of nitrogens with zero attached hydrogens (tertiary/aromatic N) is 2. The zero-order valence-corrected chi connectivity index (χ0v) is 15.9. The molecule has 2 aromatic rings. The molecule has 2 unspecified atom stereocenters. The third-order valence-corrected chi connectivity index (χ3v) is 6.79. The Morgan fingerprint density at radius 3 is 2.62 bits per heavy atom. The summed E-state index contributed by atoms with van der Waals surface area (Å²) in [7, 11) is 0. The van der Waals surface area contributed by atoms with Gasteiger partial charge >= 0.3 is 0 Å². The second-order valence-electron chi connectivity index (χ2n) is 8.40. The maximum Gasteiger partial charge on any atom is 0.189 e. The van der Waals surface area contributed by atoms with Gasteiger partial charge < -0.3 is 5.73 Å². The van der Waals surface area contributed by atoms with E-state index in [-0.39, 0.29) is 11.2 Å². The third kappa shape index (κ3) is 2.76. The monoisotopic (exact) mass is 351 g/mol. The quantitative estimate of drug-likeness (QED) is 0.793. The number of nitrogens with two attached hydrogens (primary N) is 1. The van der Waals surface area contributed by atoms with Crippen LogP contribution in [0.4, 0.5) is 5.82 Å². The zero-order valence-electron chi connectivity index (χ0n) is 15.9. The van der Waals surface area contributed by atoms with Crippen molar-refractivity contribution in [1.29, 1.82) is 0 Å². The summed E-state index contributed by atoms with van der Waals surface area (Å²) >= 11 is 0. The van der Waals surface area contributed by atoms with E-state index >= 15 is 0 Å². The molecule has 4 heteroatoms. The Morgan fingerprint density at radius 1 is 1.27 bits per heavy atom. The normalized spacial score (nSPS) is 28.1. The lowest BCUT2D eigenvalue weighted by atomic mass is 9.58. The molecule has 0 aliphatic heterocycles. The molecular formula is C22H29N3O. The fraction of sp³-hybridized carbons (Fsp3) is 0.545. The number of anilines is 1. The van der Waals surface area contributed by atoms with Crippen LogP contribution in [-0.2, 0) is 0 Å². The van der Waals surface area contributed by atoms with E-state index in [4.69, 9.17) is 5.73 Å². The topological polar surface area (TPSA) is 60.9 Å². The number of ketones is 1. The van der Waals surface area contributed by atoms with Crippen molar-refractivity contribution in [2.75, 3.05) is 5.73 Å². The highest BCUT2D eigenvalue weighted by Crippen LogP contribution is 2.52. The van der Waals surface area contributed by atoms with E-state index in [2.05, 4.69) is 24.9 Å². The predicted octanol–water partition coefficient (Wildman–Crippen LogP) is 4.94. The maximum atomic E-state index is 13.8. The van der Waals surface area contributed by atoms with E-state index in [1.807, 2.05) is 22.8 Å². The molecule has 1 aromatic carbocycles. The van der Waals surface area contributed by atoms with Crippen LogP contribution in [0.2, 0.25) is 0 Å². The van der Waals surface area contributed by atoms with Gasteiger partial charge in [0.25, 0.3) is 0 Å². The molecule has 1 heterocycles.